The number of aryl methyl sites for hydroxylation is 1. The highest BCUT2D eigenvalue weighted by Gasteiger charge is 2.20. The van der Waals surface area contributed by atoms with E-state index in [0.29, 0.717) is 6.54 Å². The number of anilines is 1. The summed E-state index contributed by atoms with van der Waals surface area (Å²) in [5.74, 6) is -0.449. The minimum absolute atomic E-state index is 0.180. The molecule has 7 heteroatoms. The first kappa shape index (κ1) is 15.0. The minimum Gasteiger partial charge on any atom is -0.326 e. The van der Waals surface area contributed by atoms with Crippen molar-refractivity contribution in [3.05, 3.63) is 46.1 Å². The Kier molecular flexibility index (Phi) is 4.12. The molecule has 0 saturated carbocycles. The summed E-state index contributed by atoms with van der Waals surface area (Å²) < 4.78 is 40.6. The van der Waals surface area contributed by atoms with Gasteiger partial charge in [-0.25, -0.2) is 12.8 Å². The van der Waals surface area contributed by atoms with Gasteiger partial charge in [0.05, 0.1) is 5.69 Å². The van der Waals surface area contributed by atoms with Crippen LogP contribution in [0.25, 0.3) is 0 Å². The van der Waals surface area contributed by atoms with Crippen molar-refractivity contribution in [3.8, 4) is 0 Å². The molecule has 0 unspecified atom stereocenters. The van der Waals surface area contributed by atoms with Gasteiger partial charge in [0.2, 0.25) is 0 Å². The summed E-state index contributed by atoms with van der Waals surface area (Å²) in [6.45, 7) is 3.63. The summed E-state index contributed by atoms with van der Waals surface area (Å²) in [7, 11) is -3.72. The van der Waals surface area contributed by atoms with Crippen molar-refractivity contribution in [1.29, 1.82) is 0 Å². The highest BCUT2D eigenvalue weighted by molar-refractivity contribution is 7.94. The Hall–Kier alpha value is -1.44. The Morgan fingerprint density at radius 3 is 2.65 bits per heavy atom. The van der Waals surface area contributed by atoms with E-state index >= 15 is 0 Å². The van der Waals surface area contributed by atoms with Gasteiger partial charge < -0.3 is 5.73 Å². The van der Waals surface area contributed by atoms with Crippen LogP contribution in [0.4, 0.5) is 10.1 Å². The van der Waals surface area contributed by atoms with E-state index in [4.69, 9.17) is 5.73 Å². The summed E-state index contributed by atoms with van der Waals surface area (Å²) in [5, 5.41) is 0. The number of hydrogen-bond donors (Lipinski definition) is 2. The second-order valence-corrected chi connectivity index (χ2v) is 7.44. The van der Waals surface area contributed by atoms with E-state index in [1.807, 2.05) is 6.92 Å². The number of benzene rings is 1. The predicted molar refractivity (Wildman–Crippen MR) is 78.9 cm³/mol. The van der Waals surface area contributed by atoms with Gasteiger partial charge in [0.25, 0.3) is 10.0 Å². The molecular weight excluding hydrogens is 299 g/mol. The number of nitrogens with one attached hydrogen (secondary N) is 1. The van der Waals surface area contributed by atoms with Gasteiger partial charge in [-0.15, -0.1) is 11.3 Å². The maximum absolute atomic E-state index is 13.4. The number of rotatable bonds is 4. The molecule has 0 amide bonds. The molecule has 0 aliphatic carbocycles. The maximum Gasteiger partial charge on any atom is 0.271 e. The quantitative estimate of drug-likeness (QED) is 0.911. The van der Waals surface area contributed by atoms with Crippen molar-refractivity contribution in [2.45, 2.75) is 24.6 Å². The van der Waals surface area contributed by atoms with Crippen LogP contribution in [0.3, 0.4) is 0 Å². The topological polar surface area (TPSA) is 72.2 Å². The summed E-state index contributed by atoms with van der Waals surface area (Å²) in [4.78, 5) is 0.821. The zero-order chi connectivity index (χ0) is 14.9. The van der Waals surface area contributed by atoms with Crippen LogP contribution in [0.5, 0.6) is 0 Å². The number of hydrogen-bond acceptors (Lipinski definition) is 4. The van der Waals surface area contributed by atoms with Crippen molar-refractivity contribution in [1.82, 2.24) is 0 Å². The number of halogens is 1. The van der Waals surface area contributed by atoms with Crippen LogP contribution in [0.1, 0.15) is 16.0 Å². The SMILES string of the molecule is Cc1cc(S(=O)(=O)Nc2cccc(F)c2C)sc1CN. The normalized spacial score (nSPS) is 11.6. The fourth-order valence-electron chi connectivity index (χ4n) is 1.74. The highest BCUT2D eigenvalue weighted by atomic mass is 32.2. The van der Waals surface area contributed by atoms with E-state index in [2.05, 4.69) is 4.72 Å². The van der Waals surface area contributed by atoms with Crippen LogP contribution in [0.2, 0.25) is 0 Å². The third kappa shape index (κ3) is 2.84. The van der Waals surface area contributed by atoms with Crippen LogP contribution >= 0.6 is 11.3 Å². The molecule has 0 aliphatic rings. The molecule has 2 rings (SSSR count). The second-order valence-electron chi connectivity index (χ2n) is 4.39. The van der Waals surface area contributed by atoms with E-state index in [1.165, 1.54) is 25.1 Å². The standard InChI is InChI=1S/C13H15FN2O2S2/c1-8-6-13(19-12(8)7-15)20(17,18)16-11-5-3-4-10(14)9(11)2/h3-6,16H,7,15H2,1-2H3. The Balaban J connectivity index is 2.38. The molecule has 0 bridgehead atoms. The second kappa shape index (κ2) is 5.51. The van der Waals surface area contributed by atoms with Gasteiger partial charge in [0.1, 0.15) is 10.0 Å². The maximum atomic E-state index is 13.4. The third-order valence-electron chi connectivity index (χ3n) is 2.96. The zero-order valence-corrected chi connectivity index (χ0v) is 12.7. The van der Waals surface area contributed by atoms with E-state index < -0.39 is 15.8 Å². The molecule has 3 N–H and O–H groups in total. The number of sulfonamides is 1. The molecule has 0 spiro atoms. The predicted octanol–water partition coefficient (Wildman–Crippen LogP) is 2.76. The van der Waals surface area contributed by atoms with Crippen LogP contribution in [0.15, 0.2) is 28.5 Å². The molecule has 108 valence electrons. The molecule has 1 aromatic heterocycles. The lowest BCUT2D eigenvalue weighted by molar-refractivity contribution is 0.602. The first-order chi connectivity index (χ1) is 9.35. The fourth-order valence-corrected chi connectivity index (χ4v) is 4.33. The van der Waals surface area contributed by atoms with Crippen LogP contribution in [-0.2, 0) is 16.6 Å². The van der Waals surface area contributed by atoms with Crippen LogP contribution in [0, 0.1) is 19.7 Å². The van der Waals surface area contributed by atoms with Gasteiger partial charge in [-0.1, -0.05) is 6.07 Å². The van der Waals surface area contributed by atoms with E-state index in [0.717, 1.165) is 21.8 Å². The fraction of sp³-hybridized carbons (Fsp3) is 0.231. The van der Waals surface area contributed by atoms with E-state index in [9.17, 15) is 12.8 Å². The molecule has 0 saturated heterocycles. The lowest BCUT2D eigenvalue weighted by atomic mass is 10.2. The molecule has 1 aromatic carbocycles. The Bertz CT molecular complexity index is 739. The largest absolute Gasteiger partial charge is 0.326 e. The monoisotopic (exact) mass is 314 g/mol. The molecule has 0 aliphatic heterocycles. The molecule has 4 nitrogen and oxygen atoms in total. The molecule has 0 radical (unpaired) electrons. The van der Waals surface area contributed by atoms with Crippen LogP contribution < -0.4 is 10.5 Å². The Morgan fingerprint density at radius 2 is 2.05 bits per heavy atom. The Morgan fingerprint density at radius 1 is 1.35 bits per heavy atom. The molecule has 0 atom stereocenters. The molecule has 2 aromatic rings. The molecular formula is C13H15FN2O2S2. The molecule has 1 heterocycles. The number of nitrogens with two attached hydrogens (primary N) is 1. The van der Waals surface area contributed by atoms with Gasteiger partial charge in [-0.2, -0.15) is 0 Å². The van der Waals surface area contributed by atoms with Gasteiger partial charge >= 0.3 is 0 Å². The van der Waals surface area contributed by atoms with Crippen molar-refractivity contribution >= 4 is 27.0 Å². The summed E-state index contributed by atoms with van der Waals surface area (Å²) in [5.41, 5.74) is 6.90. The summed E-state index contributed by atoms with van der Waals surface area (Å²) >= 11 is 1.13. The molecule has 20 heavy (non-hydrogen) atoms. The third-order valence-corrected chi connectivity index (χ3v) is 6.06. The van der Waals surface area contributed by atoms with Crippen molar-refractivity contribution in [2.75, 3.05) is 4.72 Å². The van der Waals surface area contributed by atoms with Crippen molar-refractivity contribution < 1.29 is 12.8 Å². The lowest BCUT2D eigenvalue weighted by Crippen LogP contribution is -2.12. The van der Waals surface area contributed by atoms with Gasteiger partial charge in [0, 0.05) is 17.0 Å². The highest BCUT2D eigenvalue weighted by Crippen LogP contribution is 2.28. The number of thiophene rings is 1. The lowest BCUT2D eigenvalue weighted by Gasteiger charge is -2.09. The Labute approximate surface area is 121 Å². The van der Waals surface area contributed by atoms with Gasteiger partial charge in [-0.3, -0.25) is 4.72 Å². The average molecular weight is 314 g/mol. The molecule has 0 fully saturated rings. The minimum atomic E-state index is -3.72. The summed E-state index contributed by atoms with van der Waals surface area (Å²) in [6, 6.07) is 5.85. The first-order valence-corrected chi connectivity index (χ1v) is 8.22. The van der Waals surface area contributed by atoms with Gasteiger partial charge in [-0.05, 0) is 37.6 Å². The summed E-state index contributed by atoms with van der Waals surface area (Å²) in [6.07, 6.45) is 0. The van der Waals surface area contributed by atoms with E-state index in [1.54, 1.807) is 6.07 Å². The smallest absolute Gasteiger partial charge is 0.271 e. The van der Waals surface area contributed by atoms with Crippen molar-refractivity contribution in [3.63, 3.8) is 0 Å². The van der Waals surface area contributed by atoms with E-state index in [-0.39, 0.29) is 15.5 Å². The van der Waals surface area contributed by atoms with Gasteiger partial charge in [0.15, 0.2) is 0 Å². The average Bonchev–Trinajstić information content (AvgIpc) is 2.77. The van der Waals surface area contributed by atoms with Crippen LogP contribution in [-0.4, -0.2) is 8.42 Å². The first-order valence-electron chi connectivity index (χ1n) is 5.92. The zero-order valence-electron chi connectivity index (χ0n) is 11.1. The van der Waals surface area contributed by atoms with Crippen molar-refractivity contribution in [2.24, 2.45) is 5.73 Å².